The summed E-state index contributed by atoms with van der Waals surface area (Å²) in [6, 6.07) is 0. The summed E-state index contributed by atoms with van der Waals surface area (Å²) in [4.78, 5) is 36.6. The molecule has 2 fully saturated rings. The Labute approximate surface area is 412 Å². The number of rotatable bonds is 42. The normalized spacial score (nSPS) is 27.5. The van der Waals surface area contributed by atoms with E-state index in [0.29, 0.717) is 12.8 Å². The largest absolute Gasteiger partial charge is 0.472 e. The maximum Gasteiger partial charge on any atom is 0.472 e. The first-order valence-electron chi connectivity index (χ1n) is 26.9. The molecule has 2 aliphatic rings. The van der Waals surface area contributed by atoms with Crippen LogP contribution in [0.25, 0.3) is 0 Å². The van der Waals surface area contributed by atoms with Crippen molar-refractivity contribution in [1.29, 1.82) is 0 Å². The molecule has 0 aromatic carbocycles. The van der Waals surface area contributed by atoms with Gasteiger partial charge in [0.2, 0.25) is 0 Å². The average Bonchev–Trinajstić information content (AvgIpc) is 3.33. The smallest absolute Gasteiger partial charge is 0.462 e. The van der Waals surface area contributed by atoms with Crippen LogP contribution in [-0.2, 0) is 42.1 Å². The highest BCUT2D eigenvalue weighted by molar-refractivity contribution is 7.47. The Morgan fingerprint density at radius 1 is 0.493 bits per heavy atom. The van der Waals surface area contributed by atoms with Gasteiger partial charge in [-0.3, -0.25) is 18.6 Å². The van der Waals surface area contributed by atoms with Gasteiger partial charge in [-0.15, -0.1) is 0 Å². The second-order valence-corrected chi connectivity index (χ2v) is 20.8. The van der Waals surface area contributed by atoms with Crippen LogP contribution in [0.2, 0.25) is 0 Å². The summed E-state index contributed by atoms with van der Waals surface area (Å²) in [5, 5.41) is 83.0. The zero-order valence-electron chi connectivity index (χ0n) is 42.1. The maximum atomic E-state index is 13.4. The van der Waals surface area contributed by atoms with Gasteiger partial charge in [-0.1, -0.05) is 187 Å². The third kappa shape index (κ3) is 27.0. The van der Waals surface area contributed by atoms with E-state index in [9.17, 15) is 59.9 Å². The Morgan fingerprint density at radius 3 is 1.29 bits per heavy atom. The van der Waals surface area contributed by atoms with Gasteiger partial charge >= 0.3 is 19.8 Å². The molecule has 13 unspecified atom stereocenters. The van der Waals surface area contributed by atoms with Gasteiger partial charge in [-0.2, -0.15) is 0 Å². The number of hydrogen-bond donors (Lipinski definition) is 9. The van der Waals surface area contributed by atoms with Crippen LogP contribution in [0.4, 0.5) is 0 Å². The molecule has 1 saturated carbocycles. The molecule has 0 spiro atoms. The zero-order chi connectivity index (χ0) is 50.9. The highest BCUT2D eigenvalue weighted by Crippen LogP contribution is 2.48. The van der Waals surface area contributed by atoms with Crippen molar-refractivity contribution in [2.24, 2.45) is 0 Å². The van der Waals surface area contributed by atoms with E-state index in [1.54, 1.807) is 0 Å². The van der Waals surface area contributed by atoms with Gasteiger partial charge in [0, 0.05) is 12.8 Å². The summed E-state index contributed by atoms with van der Waals surface area (Å²) in [5.41, 5.74) is 0. The molecule has 0 amide bonds. The summed E-state index contributed by atoms with van der Waals surface area (Å²) in [6.45, 7) is 2.26. The van der Waals surface area contributed by atoms with Gasteiger partial charge < -0.3 is 64.7 Å². The topological polar surface area (TPSA) is 289 Å². The fourth-order valence-corrected chi connectivity index (χ4v) is 9.85. The van der Waals surface area contributed by atoms with E-state index in [1.165, 1.54) is 122 Å². The van der Waals surface area contributed by atoms with E-state index in [2.05, 4.69) is 13.8 Å². The molecule has 408 valence electrons. The van der Waals surface area contributed by atoms with Gasteiger partial charge in [0.05, 0.1) is 13.2 Å². The fraction of sp³-hybridized carbons (Fsp3) is 0.960. The van der Waals surface area contributed by atoms with Crippen molar-refractivity contribution in [3.05, 3.63) is 0 Å². The lowest BCUT2D eigenvalue weighted by atomic mass is 9.84. The zero-order valence-corrected chi connectivity index (χ0v) is 43.0. The minimum absolute atomic E-state index is 0.0399. The standard InChI is InChI=1S/C50H95O18P/c1-3-5-7-9-11-13-15-17-19-21-22-24-26-28-30-32-39(52)63-35-37(65-40(53)33-31-29-27-25-23-20-18-16-14-12-10-8-6-4-2)36-64-69(61,62)68-49-46(59)44(57)43(56)45(58)48(49)67-50-47(60)42(55)41(54)38(34-51)66-50/h37-38,41-51,54-60H,3-36H2,1-2H3,(H,61,62). The SMILES string of the molecule is CCCCCCCCCCCCCCCCCC(=O)OCC(COP(=O)(O)OC1C(O)C(O)C(O)C(O)C1OC1OC(CO)C(O)C(O)C1O)OC(=O)CCCCCCCCCCCCCCCC. The molecule has 9 N–H and O–H groups in total. The Kier molecular flexibility index (Phi) is 35.4. The van der Waals surface area contributed by atoms with Crippen LogP contribution in [0.1, 0.15) is 213 Å². The van der Waals surface area contributed by atoms with Gasteiger partial charge in [-0.05, 0) is 12.8 Å². The molecule has 1 heterocycles. The van der Waals surface area contributed by atoms with E-state index in [0.717, 1.165) is 51.4 Å². The van der Waals surface area contributed by atoms with Gasteiger partial charge in [0.25, 0.3) is 0 Å². The van der Waals surface area contributed by atoms with Crippen molar-refractivity contribution in [3.8, 4) is 0 Å². The number of esters is 2. The first-order valence-corrected chi connectivity index (χ1v) is 28.4. The van der Waals surface area contributed by atoms with E-state index >= 15 is 0 Å². The van der Waals surface area contributed by atoms with Crippen molar-refractivity contribution < 1.29 is 87.9 Å². The minimum atomic E-state index is -5.37. The van der Waals surface area contributed by atoms with Gasteiger partial charge in [0.1, 0.15) is 67.6 Å². The van der Waals surface area contributed by atoms with Crippen LogP contribution < -0.4 is 0 Å². The first kappa shape index (κ1) is 63.8. The number of unbranched alkanes of at least 4 members (excludes halogenated alkanes) is 27. The number of aliphatic hydroxyl groups excluding tert-OH is 8. The summed E-state index contributed by atoms with van der Waals surface area (Å²) < 4.78 is 45.5. The number of hydrogen-bond acceptors (Lipinski definition) is 17. The Hall–Kier alpha value is -1.35. The Bertz CT molecular complexity index is 1340. The second-order valence-electron chi connectivity index (χ2n) is 19.4. The summed E-state index contributed by atoms with van der Waals surface area (Å²) in [7, 11) is -5.37. The van der Waals surface area contributed by atoms with Crippen molar-refractivity contribution >= 4 is 19.8 Å². The second kappa shape index (κ2) is 38.3. The van der Waals surface area contributed by atoms with Crippen molar-refractivity contribution in [2.75, 3.05) is 19.8 Å². The average molecular weight is 1020 g/mol. The number of ether oxygens (including phenoxy) is 4. The third-order valence-corrected chi connectivity index (χ3v) is 14.3. The number of phosphoric acid groups is 1. The minimum Gasteiger partial charge on any atom is -0.462 e. The third-order valence-electron chi connectivity index (χ3n) is 13.3. The lowest BCUT2D eigenvalue weighted by Crippen LogP contribution is -2.67. The number of carbonyl (C=O) groups is 2. The van der Waals surface area contributed by atoms with E-state index < -0.39 is 113 Å². The lowest BCUT2D eigenvalue weighted by Gasteiger charge is -2.47. The van der Waals surface area contributed by atoms with Crippen LogP contribution in [0.5, 0.6) is 0 Å². The molecule has 0 radical (unpaired) electrons. The maximum absolute atomic E-state index is 13.4. The monoisotopic (exact) mass is 1010 g/mol. The molecule has 13 atom stereocenters. The molecule has 0 aromatic heterocycles. The molecule has 0 bridgehead atoms. The summed E-state index contributed by atoms with van der Waals surface area (Å²) in [5.74, 6) is -1.20. The summed E-state index contributed by atoms with van der Waals surface area (Å²) in [6.07, 6.45) is 10.3. The van der Waals surface area contributed by atoms with E-state index in [4.69, 9.17) is 28.0 Å². The molecular formula is C50H95O18P. The van der Waals surface area contributed by atoms with Crippen LogP contribution in [0.15, 0.2) is 0 Å². The molecule has 0 aromatic rings. The van der Waals surface area contributed by atoms with Crippen LogP contribution >= 0.6 is 7.82 Å². The highest BCUT2D eigenvalue weighted by Gasteiger charge is 2.55. The van der Waals surface area contributed by atoms with Crippen LogP contribution in [-0.4, -0.2) is 151 Å². The molecule has 1 aliphatic heterocycles. The van der Waals surface area contributed by atoms with Gasteiger partial charge in [-0.25, -0.2) is 4.57 Å². The highest BCUT2D eigenvalue weighted by atomic mass is 31.2. The number of phosphoric ester groups is 1. The number of carbonyl (C=O) groups excluding carboxylic acids is 2. The van der Waals surface area contributed by atoms with E-state index in [-0.39, 0.29) is 12.8 Å². The van der Waals surface area contributed by atoms with Crippen LogP contribution in [0.3, 0.4) is 0 Å². The van der Waals surface area contributed by atoms with Gasteiger partial charge in [0.15, 0.2) is 12.4 Å². The Balaban J connectivity index is 1.92. The summed E-state index contributed by atoms with van der Waals surface area (Å²) >= 11 is 0. The molecule has 1 saturated heterocycles. The number of aliphatic hydroxyl groups is 8. The lowest BCUT2D eigenvalue weighted by molar-refractivity contribution is -0.338. The quantitative estimate of drug-likeness (QED) is 0.0174. The first-order chi connectivity index (χ1) is 33.2. The molecule has 69 heavy (non-hydrogen) atoms. The van der Waals surface area contributed by atoms with Crippen LogP contribution in [0, 0.1) is 0 Å². The Morgan fingerprint density at radius 2 is 0.870 bits per heavy atom. The fourth-order valence-electron chi connectivity index (χ4n) is 8.88. The molecule has 19 heteroatoms. The predicted octanol–water partition coefficient (Wildman–Crippen LogP) is 6.72. The molecular weight excluding hydrogens is 920 g/mol. The van der Waals surface area contributed by atoms with E-state index in [1.807, 2.05) is 0 Å². The molecule has 2 rings (SSSR count). The van der Waals surface area contributed by atoms with Crippen molar-refractivity contribution in [3.63, 3.8) is 0 Å². The predicted molar refractivity (Wildman–Crippen MR) is 259 cm³/mol. The van der Waals surface area contributed by atoms with Crippen molar-refractivity contribution in [2.45, 2.75) is 286 Å². The molecule has 18 nitrogen and oxygen atoms in total. The van der Waals surface area contributed by atoms with Crippen molar-refractivity contribution in [1.82, 2.24) is 0 Å². The molecule has 1 aliphatic carbocycles.